The molecule has 1 heterocycles. The minimum atomic E-state index is -0.156. The van der Waals surface area contributed by atoms with Crippen molar-refractivity contribution >= 4 is 29.9 Å². The quantitative estimate of drug-likeness (QED) is 0.303. The van der Waals surface area contributed by atoms with Gasteiger partial charge in [-0.05, 0) is 57.1 Å². The molecule has 3 rings (SSSR count). The molecular formula is C25H37FIN5. The first-order valence-corrected chi connectivity index (χ1v) is 11.1. The lowest BCUT2D eigenvalue weighted by Crippen LogP contribution is -2.48. The number of aliphatic imine (C=N–C) groups is 1. The van der Waals surface area contributed by atoms with E-state index in [9.17, 15) is 4.39 Å². The van der Waals surface area contributed by atoms with Crippen molar-refractivity contribution < 1.29 is 4.39 Å². The Hall–Kier alpha value is -1.71. The van der Waals surface area contributed by atoms with Gasteiger partial charge in [0.1, 0.15) is 5.82 Å². The Morgan fingerprint density at radius 2 is 1.84 bits per heavy atom. The third kappa shape index (κ3) is 7.71. The topological polar surface area (TPSA) is 42.9 Å². The molecular weight excluding hydrogens is 516 g/mol. The summed E-state index contributed by atoms with van der Waals surface area (Å²) >= 11 is 0. The molecule has 0 amide bonds. The predicted molar refractivity (Wildman–Crippen MR) is 142 cm³/mol. The zero-order valence-corrected chi connectivity index (χ0v) is 22.0. The van der Waals surface area contributed by atoms with Crippen LogP contribution in [0.4, 0.5) is 4.39 Å². The lowest BCUT2D eigenvalue weighted by atomic mass is 10.0. The maximum Gasteiger partial charge on any atom is 0.191 e. The standard InChI is InChI=1S/C25H36FN5.HI/c1-19(21-8-6-5-7-9-21)31-14-12-23(13-15-31)29-25(27-2)28-17-20-10-11-24(26)22(16-20)18-30(3)4;/h5-11,16,19,23H,12-15,17-18H2,1-4H3,(H2,27,28,29);1H. The van der Waals surface area contributed by atoms with Crippen molar-refractivity contribution in [2.45, 2.75) is 44.9 Å². The summed E-state index contributed by atoms with van der Waals surface area (Å²) in [5.74, 6) is 0.643. The molecule has 1 saturated heterocycles. The zero-order chi connectivity index (χ0) is 22.2. The number of likely N-dealkylation sites (tertiary alicyclic amines) is 1. The molecule has 0 spiro atoms. The third-order valence-corrected chi connectivity index (χ3v) is 5.98. The highest BCUT2D eigenvalue weighted by molar-refractivity contribution is 14.0. The van der Waals surface area contributed by atoms with Crippen LogP contribution in [-0.2, 0) is 13.1 Å². The number of piperidine rings is 1. The van der Waals surface area contributed by atoms with Crippen molar-refractivity contribution in [3.8, 4) is 0 Å². The molecule has 1 aliphatic rings. The molecule has 1 unspecified atom stereocenters. The molecule has 32 heavy (non-hydrogen) atoms. The second kappa shape index (κ2) is 13.1. The molecule has 2 N–H and O–H groups in total. The van der Waals surface area contributed by atoms with Crippen molar-refractivity contribution in [2.75, 3.05) is 34.2 Å². The number of rotatable bonds is 7. The number of nitrogens with zero attached hydrogens (tertiary/aromatic N) is 3. The molecule has 0 aromatic heterocycles. The second-order valence-electron chi connectivity index (χ2n) is 8.63. The van der Waals surface area contributed by atoms with E-state index in [0.29, 0.717) is 30.7 Å². The van der Waals surface area contributed by atoms with Crippen LogP contribution in [0.25, 0.3) is 0 Å². The molecule has 1 aliphatic heterocycles. The average Bonchev–Trinajstić information content (AvgIpc) is 2.78. The van der Waals surface area contributed by atoms with Gasteiger partial charge >= 0.3 is 0 Å². The molecule has 0 radical (unpaired) electrons. The monoisotopic (exact) mass is 553 g/mol. The summed E-state index contributed by atoms with van der Waals surface area (Å²) in [4.78, 5) is 8.91. The Morgan fingerprint density at radius 3 is 2.47 bits per heavy atom. The Bertz CT molecular complexity index is 851. The van der Waals surface area contributed by atoms with Gasteiger partial charge in [-0.1, -0.05) is 36.4 Å². The van der Waals surface area contributed by atoms with Gasteiger partial charge in [0.15, 0.2) is 5.96 Å². The lowest BCUT2D eigenvalue weighted by Gasteiger charge is -2.37. The Morgan fingerprint density at radius 1 is 1.16 bits per heavy atom. The van der Waals surface area contributed by atoms with Gasteiger partial charge in [0.2, 0.25) is 0 Å². The fourth-order valence-corrected chi connectivity index (χ4v) is 4.15. The fourth-order valence-electron chi connectivity index (χ4n) is 4.15. The van der Waals surface area contributed by atoms with Crippen molar-refractivity contribution in [3.05, 3.63) is 71.0 Å². The molecule has 0 bridgehead atoms. The van der Waals surface area contributed by atoms with Gasteiger partial charge in [-0.2, -0.15) is 0 Å². The van der Waals surface area contributed by atoms with Gasteiger partial charge in [-0.25, -0.2) is 4.39 Å². The molecule has 2 aromatic carbocycles. The maximum absolute atomic E-state index is 14.0. The molecule has 7 heteroatoms. The Kier molecular flexibility index (Phi) is 10.9. The summed E-state index contributed by atoms with van der Waals surface area (Å²) in [5.41, 5.74) is 3.14. The average molecular weight is 554 g/mol. The first kappa shape index (κ1) is 26.5. The Balaban J connectivity index is 0.00000363. The van der Waals surface area contributed by atoms with Crippen LogP contribution in [0.2, 0.25) is 0 Å². The molecule has 2 aromatic rings. The summed E-state index contributed by atoms with van der Waals surface area (Å²) in [7, 11) is 5.69. The largest absolute Gasteiger partial charge is 0.354 e. The summed E-state index contributed by atoms with van der Waals surface area (Å²) in [6.45, 7) is 5.63. The lowest BCUT2D eigenvalue weighted by molar-refractivity contribution is 0.158. The smallest absolute Gasteiger partial charge is 0.191 e. The molecule has 0 aliphatic carbocycles. The maximum atomic E-state index is 14.0. The van der Waals surface area contributed by atoms with Gasteiger partial charge in [-0.3, -0.25) is 9.89 Å². The molecule has 1 atom stereocenters. The molecule has 0 saturated carbocycles. The highest BCUT2D eigenvalue weighted by Gasteiger charge is 2.24. The van der Waals surface area contributed by atoms with E-state index in [4.69, 9.17) is 0 Å². The zero-order valence-electron chi connectivity index (χ0n) is 19.6. The van der Waals surface area contributed by atoms with Crippen LogP contribution in [0, 0.1) is 5.82 Å². The number of benzene rings is 2. The van der Waals surface area contributed by atoms with Gasteiger partial charge in [0.05, 0.1) is 0 Å². The minimum absolute atomic E-state index is 0. The van der Waals surface area contributed by atoms with Crippen LogP contribution in [-0.4, -0.2) is 56.0 Å². The molecule has 176 valence electrons. The van der Waals surface area contributed by atoms with E-state index in [2.05, 4.69) is 57.8 Å². The third-order valence-electron chi connectivity index (χ3n) is 5.98. The van der Waals surface area contributed by atoms with Crippen molar-refractivity contribution in [1.29, 1.82) is 0 Å². The fraction of sp³-hybridized carbons (Fsp3) is 0.480. The van der Waals surface area contributed by atoms with Crippen LogP contribution in [0.15, 0.2) is 53.5 Å². The van der Waals surface area contributed by atoms with Crippen LogP contribution in [0.1, 0.15) is 42.5 Å². The van der Waals surface area contributed by atoms with E-state index in [0.717, 1.165) is 37.5 Å². The first-order valence-electron chi connectivity index (χ1n) is 11.1. The van der Waals surface area contributed by atoms with Crippen molar-refractivity contribution in [2.24, 2.45) is 4.99 Å². The number of hydrogen-bond acceptors (Lipinski definition) is 3. The second-order valence-corrected chi connectivity index (χ2v) is 8.63. The van der Waals surface area contributed by atoms with Gasteiger partial charge in [-0.15, -0.1) is 24.0 Å². The van der Waals surface area contributed by atoms with Crippen LogP contribution >= 0.6 is 24.0 Å². The van der Waals surface area contributed by atoms with Crippen LogP contribution in [0.5, 0.6) is 0 Å². The van der Waals surface area contributed by atoms with Gasteiger partial charge in [0, 0.05) is 50.9 Å². The van der Waals surface area contributed by atoms with Gasteiger partial charge in [0.25, 0.3) is 0 Å². The van der Waals surface area contributed by atoms with E-state index >= 15 is 0 Å². The number of nitrogens with one attached hydrogen (secondary N) is 2. The normalized spacial score (nSPS) is 16.5. The van der Waals surface area contributed by atoms with E-state index in [1.165, 1.54) is 5.56 Å². The van der Waals surface area contributed by atoms with Crippen LogP contribution < -0.4 is 10.6 Å². The van der Waals surface area contributed by atoms with Crippen molar-refractivity contribution in [1.82, 2.24) is 20.4 Å². The minimum Gasteiger partial charge on any atom is -0.354 e. The molecule has 5 nitrogen and oxygen atoms in total. The SMILES string of the molecule is CN=C(NCc1ccc(F)c(CN(C)C)c1)NC1CCN(C(C)c2ccccc2)CC1.I. The molecule has 1 fully saturated rings. The van der Waals surface area contributed by atoms with E-state index < -0.39 is 0 Å². The highest BCUT2D eigenvalue weighted by Crippen LogP contribution is 2.24. The Labute approximate surface area is 209 Å². The van der Waals surface area contributed by atoms with Gasteiger partial charge < -0.3 is 15.5 Å². The highest BCUT2D eigenvalue weighted by atomic mass is 127. The summed E-state index contributed by atoms with van der Waals surface area (Å²) in [5, 5.41) is 6.95. The van der Waals surface area contributed by atoms with E-state index in [-0.39, 0.29) is 29.8 Å². The van der Waals surface area contributed by atoms with Crippen LogP contribution in [0.3, 0.4) is 0 Å². The van der Waals surface area contributed by atoms with E-state index in [1.54, 1.807) is 13.1 Å². The summed E-state index contributed by atoms with van der Waals surface area (Å²) < 4.78 is 14.0. The summed E-state index contributed by atoms with van der Waals surface area (Å²) in [6.07, 6.45) is 2.17. The summed E-state index contributed by atoms with van der Waals surface area (Å²) in [6, 6.07) is 16.9. The number of hydrogen-bond donors (Lipinski definition) is 2. The predicted octanol–water partition coefficient (Wildman–Crippen LogP) is 4.40. The van der Waals surface area contributed by atoms with Crippen molar-refractivity contribution in [3.63, 3.8) is 0 Å². The number of guanidine groups is 1. The number of halogens is 2. The first-order chi connectivity index (χ1) is 15.0. The van der Waals surface area contributed by atoms with E-state index in [1.807, 2.05) is 31.1 Å².